The highest BCUT2D eigenvalue weighted by molar-refractivity contribution is 6.98. The zero-order chi connectivity index (χ0) is 29.3. The highest BCUT2D eigenvalue weighted by Gasteiger charge is 2.50. The van der Waals surface area contributed by atoms with Gasteiger partial charge in [-0.1, -0.05) is 80.9 Å². The number of carbonyl (C=O) groups excluding carboxylic acids is 1. The van der Waals surface area contributed by atoms with E-state index >= 15 is 0 Å². The van der Waals surface area contributed by atoms with E-state index in [1.165, 1.54) is 6.42 Å². The van der Waals surface area contributed by atoms with Crippen molar-refractivity contribution in [1.29, 1.82) is 0 Å². The summed E-state index contributed by atoms with van der Waals surface area (Å²) in [6.45, 7) is 7.16. The van der Waals surface area contributed by atoms with Gasteiger partial charge in [-0.2, -0.15) is 0 Å². The number of aryl methyl sites for hydroxylation is 1. The number of carbonyl (C=O) groups is 1. The maximum Gasteiger partial charge on any atom is 0.273 e. The van der Waals surface area contributed by atoms with Crippen LogP contribution in [0.4, 0.5) is 0 Å². The lowest BCUT2D eigenvalue weighted by Crippen LogP contribution is -2.65. The molecule has 2 aliphatic rings. The van der Waals surface area contributed by atoms with Gasteiger partial charge in [0.15, 0.2) is 5.82 Å². The highest BCUT2D eigenvalue weighted by atomic mass is 28.4. The van der Waals surface area contributed by atoms with Crippen LogP contribution < -0.4 is 10.4 Å². The molecule has 2 aromatic heterocycles. The van der Waals surface area contributed by atoms with Crippen molar-refractivity contribution in [3.63, 3.8) is 0 Å². The Labute approximate surface area is 250 Å². The predicted octanol–water partition coefficient (Wildman–Crippen LogP) is 5.40. The predicted molar refractivity (Wildman–Crippen MR) is 169 cm³/mol. The summed E-state index contributed by atoms with van der Waals surface area (Å²) in [5.41, 5.74) is 1.94. The largest absolute Gasteiger partial charge is 0.424 e. The first-order valence-corrected chi connectivity index (χ1v) is 17.1. The van der Waals surface area contributed by atoms with Crippen molar-refractivity contribution >= 4 is 24.6 Å². The summed E-state index contributed by atoms with van der Waals surface area (Å²) >= 11 is 0. The number of amides is 1. The van der Waals surface area contributed by atoms with Gasteiger partial charge < -0.3 is 9.70 Å². The fourth-order valence-corrected chi connectivity index (χ4v) is 10.7. The average molecular weight is 577 g/mol. The second kappa shape index (κ2) is 11.5. The molecule has 0 radical (unpaired) electrons. The summed E-state index contributed by atoms with van der Waals surface area (Å²) in [5, 5.41) is 1.77. The van der Waals surface area contributed by atoms with Gasteiger partial charge in [-0.25, -0.2) is 15.0 Å². The van der Waals surface area contributed by atoms with Gasteiger partial charge >= 0.3 is 0 Å². The minimum absolute atomic E-state index is 0.0183. The Balaban J connectivity index is 1.23. The van der Waals surface area contributed by atoms with Crippen LogP contribution in [0, 0.1) is 18.8 Å². The molecule has 2 aromatic carbocycles. The minimum atomic E-state index is -3.07. The number of hydrogen-bond donors (Lipinski definition) is 1. The molecule has 0 unspecified atom stereocenters. The molecule has 7 heteroatoms. The summed E-state index contributed by atoms with van der Waals surface area (Å²) in [7, 11) is -3.07. The van der Waals surface area contributed by atoms with Crippen molar-refractivity contribution in [2.75, 3.05) is 6.54 Å². The van der Waals surface area contributed by atoms with Crippen molar-refractivity contribution in [2.45, 2.75) is 64.0 Å². The number of pyridine rings is 1. The van der Waals surface area contributed by atoms with Crippen molar-refractivity contribution in [1.82, 2.24) is 19.9 Å². The SMILES string of the molecule is Cc1ccc(-c2ncccn2)c(C(=O)N2C[C@@H]3C[C@@H]3C[C@H]2CCCC(C)(C)[Si](O)(c2ccccc2)c2ccccc2)n1. The molecule has 1 aliphatic carbocycles. The zero-order valence-electron chi connectivity index (χ0n) is 24.8. The van der Waals surface area contributed by atoms with Gasteiger partial charge in [0.05, 0.1) is 5.56 Å². The molecule has 0 spiro atoms. The average Bonchev–Trinajstić information content (AvgIpc) is 3.79. The Hall–Kier alpha value is -3.68. The van der Waals surface area contributed by atoms with E-state index in [9.17, 15) is 9.59 Å². The van der Waals surface area contributed by atoms with Crippen LogP contribution in [0.5, 0.6) is 0 Å². The molecule has 216 valence electrons. The third kappa shape index (κ3) is 5.43. The summed E-state index contributed by atoms with van der Waals surface area (Å²) in [5.74, 6) is 1.82. The standard InChI is InChI=1S/C35H40N4O2Si/c1-25-17-18-31(33-36-20-11-21-37-33)32(38-25)34(40)39-24-27-22-26(27)23-28(39)12-10-19-35(2,3)42(41,29-13-6-4-7-14-29)30-15-8-5-9-16-30/h4-9,11,13-18,20-21,26-28,41H,10,12,19,22-24H2,1-3H3/t26-,27+,28-/m1/s1. The number of rotatable bonds is 9. The van der Waals surface area contributed by atoms with Crippen LogP contribution >= 0.6 is 0 Å². The number of fused-ring (bicyclic) bond motifs is 1. The quantitative estimate of drug-likeness (QED) is 0.270. The smallest absolute Gasteiger partial charge is 0.273 e. The second-order valence-electron chi connectivity index (χ2n) is 12.7. The fourth-order valence-electron chi connectivity index (χ4n) is 6.97. The molecule has 1 saturated heterocycles. The molecule has 3 heterocycles. The number of nitrogens with zero attached hydrogens (tertiary/aromatic N) is 4. The highest BCUT2D eigenvalue weighted by Crippen LogP contribution is 2.49. The van der Waals surface area contributed by atoms with E-state index in [1.807, 2.05) is 55.5 Å². The van der Waals surface area contributed by atoms with Crippen LogP contribution in [0.15, 0.2) is 91.3 Å². The summed E-state index contributed by atoms with van der Waals surface area (Å²) in [6, 6.07) is 26.2. The van der Waals surface area contributed by atoms with Crippen molar-refractivity contribution < 1.29 is 9.59 Å². The first-order chi connectivity index (χ1) is 20.3. The van der Waals surface area contributed by atoms with E-state index in [0.29, 0.717) is 23.0 Å². The van der Waals surface area contributed by atoms with Gasteiger partial charge in [0.25, 0.3) is 14.2 Å². The van der Waals surface area contributed by atoms with Crippen molar-refractivity contribution in [3.8, 4) is 11.4 Å². The first-order valence-electron chi connectivity index (χ1n) is 15.2. The van der Waals surface area contributed by atoms with Crippen LogP contribution in [0.25, 0.3) is 11.4 Å². The minimum Gasteiger partial charge on any atom is -0.424 e. The molecular formula is C35H40N4O2Si. The van der Waals surface area contributed by atoms with E-state index in [4.69, 9.17) is 4.98 Å². The third-order valence-electron chi connectivity index (χ3n) is 9.52. The molecule has 4 aromatic rings. The maximum atomic E-state index is 14.2. The molecular weight excluding hydrogens is 536 g/mol. The second-order valence-corrected chi connectivity index (χ2v) is 16.7. The Morgan fingerprint density at radius 2 is 1.55 bits per heavy atom. The maximum absolute atomic E-state index is 14.2. The van der Waals surface area contributed by atoms with E-state index in [0.717, 1.165) is 54.2 Å². The van der Waals surface area contributed by atoms with E-state index in [2.05, 4.69) is 53.0 Å². The molecule has 1 amide bonds. The van der Waals surface area contributed by atoms with Crippen LogP contribution in [-0.2, 0) is 0 Å². The van der Waals surface area contributed by atoms with Crippen LogP contribution in [0.2, 0.25) is 5.04 Å². The number of piperidine rings is 1. The Morgan fingerprint density at radius 3 is 2.19 bits per heavy atom. The lowest BCUT2D eigenvalue weighted by atomic mass is 9.94. The fraction of sp³-hybridized carbons (Fsp3) is 0.371. The van der Waals surface area contributed by atoms with Gasteiger partial charge in [0.2, 0.25) is 0 Å². The molecule has 1 aliphatic heterocycles. The van der Waals surface area contributed by atoms with E-state index in [-0.39, 0.29) is 17.0 Å². The number of likely N-dealkylation sites (tertiary alicyclic amines) is 1. The Bertz CT molecular complexity index is 1490. The number of hydrogen-bond acceptors (Lipinski definition) is 5. The molecule has 6 nitrogen and oxygen atoms in total. The monoisotopic (exact) mass is 576 g/mol. The van der Waals surface area contributed by atoms with E-state index < -0.39 is 8.32 Å². The molecule has 2 fully saturated rings. The normalized spacial score (nSPS) is 20.2. The lowest BCUT2D eigenvalue weighted by molar-refractivity contribution is 0.0578. The molecule has 1 N–H and O–H groups in total. The van der Waals surface area contributed by atoms with Gasteiger partial charge in [0, 0.05) is 30.7 Å². The topological polar surface area (TPSA) is 79.2 Å². The molecule has 0 bridgehead atoms. The number of benzene rings is 2. The molecule has 1 saturated carbocycles. The number of aromatic nitrogens is 3. The van der Waals surface area contributed by atoms with Gasteiger partial charge in [-0.3, -0.25) is 4.79 Å². The molecule has 42 heavy (non-hydrogen) atoms. The third-order valence-corrected chi connectivity index (χ3v) is 14.1. The Morgan fingerprint density at radius 1 is 0.905 bits per heavy atom. The van der Waals surface area contributed by atoms with Gasteiger partial charge in [-0.15, -0.1) is 0 Å². The van der Waals surface area contributed by atoms with Crippen LogP contribution in [-0.4, -0.2) is 51.5 Å². The van der Waals surface area contributed by atoms with Crippen molar-refractivity contribution in [3.05, 3.63) is 103 Å². The van der Waals surface area contributed by atoms with Crippen molar-refractivity contribution in [2.24, 2.45) is 11.8 Å². The zero-order valence-corrected chi connectivity index (χ0v) is 25.8. The lowest BCUT2D eigenvalue weighted by Gasteiger charge is -2.42. The summed E-state index contributed by atoms with van der Waals surface area (Å²) < 4.78 is 0. The molecule has 6 rings (SSSR count). The molecule has 3 atom stereocenters. The summed E-state index contributed by atoms with van der Waals surface area (Å²) in [6.07, 6.45) is 8.37. The summed E-state index contributed by atoms with van der Waals surface area (Å²) in [4.78, 5) is 42.4. The van der Waals surface area contributed by atoms with Gasteiger partial charge in [-0.05, 0) is 78.1 Å². The van der Waals surface area contributed by atoms with Crippen LogP contribution in [0.1, 0.15) is 62.1 Å². The first kappa shape index (κ1) is 28.4. The Kier molecular flexibility index (Phi) is 7.81. The van der Waals surface area contributed by atoms with Crippen LogP contribution in [0.3, 0.4) is 0 Å². The van der Waals surface area contributed by atoms with Gasteiger partial charge in [0.1, 0.15) is 5.69 Å². The van der Waals surface area contributed by atoms with E-state index in [1.54, 1.807) is 18.5 Å².